The maximum Gasteiger partial charge on any atom is 0.303 e. The minimum absolute atomic E-state index is 0.108. The minimum Gasteiger partial charge on any atom is -0.495 e. The summed E-state index contributed by atoms with van der Waals surface area (Å²) in [7, 11) is 1.58. The molecule has 0 radical (unpaired) electrons. The highest BCUT2D eigenvalue weighted by atomic mass is 16.5. The molecule has 1 N–H and O–H groups in total. The highest BCUT2D eigenvalue weighted by Gasteiger charge is 2.33. The summed E-state index contributed by atoms with van der Waals surface area (Å²) >= 11 is 0. The number of nitriles is 1. The third-order valence-corrected chi connectivity index (χ3v) is 9.50. The summed E-state index contributed by atoms with van der Waals surface area (Å²) in [6, 6.07) is 16.2. The molecule has 44 heavy (non-hydrogen) atoms. The van der Waals surface area contributed by atoms with Crippen LogP contribution in [0.1, 0.15) is 100 Å². The average molecular weight is 598 g/mol. The Morgan fingerprint density at radius 2 is 1.77 bits per heavy atom. The maximum atomic E-state index is 14.2. The molecule has 1 amide bonds. The molecule has 2 fully saturated rings. The lowest BCUT2D eigenvalue weighted by Crippen LogP contribution is -2.41. The number of rotatable bonds is 10. The second-order valence-corrected chi connectivity index (χ2v) is 12.8. The molecule has 0 bridgehead atoms. The number of aliphatic carboxylic acids is 1. The first-order valence-corrected chi connectivity index (χ1v) is 15.9. The Hall–Kier alpha value is -4.12. The van der Waals surface area contributed by atoms with Gasteiger partial charge in [0, 0.05) is 36.1 Å². The number of carboxylic acid groups (broad SMARTS) is 1. The van der Waals surface area contributed by atoms with E-state index < -0.39 is 5.97 Å². The first-order valence-electron chi connectivity index (χ1n) is 15.9. The van der Waals surface area contributed by atoms with Crippen LogP contribution in [0.5, 0.6) is 5.75 Å². The molecule has 232 valence electrons. The molecule has 2 saturated carbocycles. The molecule has 8 heteroatoms. The van der Waals surface area contributed by atoms with E-state index in [4.69, 9.17) is 9.15 Å². The van der Waals surface area contributed by atoms with E-state index in [1.807, 2.05) is 55.1 Å². The van der Waals surface area contributed by atoms with E-state index in [9.17, 15) is 20.0 Å². The van der Waals surface area contributed by atoms with E-state index in [0.29, 0.717) is 35.6 Å². The Bertz CT molecular complexity index is 1490. The van der Waals surface area contributed by atoms with Gasteiger partial charge >= 0.3 is 5.97 Å². The largest absolute Gasteiger partial charge is 0.495 e. The van der Waals surface area contributed by atoms with Crippen LogP contribution in [-0.2, 0) is 9.59 Å². The number of methoxy groups -OCH3 is 1. The second kappa shape index (κ2) is 14.1. The van der Waals surface area contributed by atoms with Gasteiger partial charge in [-0.1, -0.05) is 32.0 Å². The standard InChI is InChI=1S/C36H43N3O5/c1-23(2)35-38-32(22-44-35)29-5-4-6-31(19-29)39(36(42)27-13-7-24(8-14-27)17-34(40)41)21-25-9-11-26(12-10-25)28-15-16-33(43-3)30(18-28)20-37/h4-6,15-16,18-19,22-27H,7-14,17,21H2,1-3H3,(H,40,41)/t24-,25-,26-,27-. The lowest BCUT2D eigenvalue weighted by atomic mass is 9.77. The van der Waals surface area contributed by atoms with Crippen molar-refractivity contribution in [2.45, 2.75) is 83.5 Å². The normalized spacial score (nSPS) is 21.9. The smallest absolute Gasteiger partial charge is 0.303 e. The van der Waals surface area contributed by atoms with Gasteiger partial charge in [-0.2, -0.15) is 5.26 Å². The zero-order valence-corrected chi connectivity index (χ0v) is 26.0. The Labute approximate surface area is 260 Å². The first kappa shape index (κ1) is 31.3. The molecule has 5 rings (SSSR count). The van der Waals surface area contributed by atoms with Gasteiger partial charge in [-0.15, -0.1) is 0 Å². The zero-order chi connectivity index (χ0) is 31.2. The molecular formula is C36H43N3O5. The van der Waals surface area contributed by atoms with Gasteiger partial charge in [-0.25, -0.2) is 4.98 Å². The lowest BCUT2D eigenvalue weighted by Gasteiger charge is -2.36. The Kier molecular flexibility index (Phi) is 10.0. The topological polar surface area (TPSA) is 117 Å². The van der Waals surface area contributed by atoms with Crippen molar-refractivity contribution in [1.29, 1.82) is 5.26 Å². The fourth-order valence-electron chi connectivity index (χ4n) is 6.93. The van der Waals surface area contributed by atoms with Crippen LogP contribution in [0.25, 0.3) is 11.3 Å². The number of oxazole rings is 1. The SMILES string of the molecule is COc1ccc([C@H]2CC[C@H](CN(c3cccc(-c4coc(C(C)C)n4)c3)C(=O)[C@H]3CC[C@H](CC(=O)O)CC3)CC2)cc1C#N. The summed E-state index contributed by atoms with van der Waals surface area (Å²) in [4.78, 5) is 32.1. The first-order chi connectivity index (χ1) is 21.2. The number of anilines is 1. The molecule has 0 spiro atoms. The summed E-state index contributed by atoms with van der Waals surface area (Å²) < 4.78 is 11.0. The van der Waals surface area contributed by atoms with Gasteiger partial charge in [0.05, 0.1) is 12.7 Å². The van der Waals surface area contributed by atoms with Crippen molar-refractivity contribution in [3.63, 3.8) is 0 Å². The predicted molar refractivity (Wildman–Crippen MR) is 168 cm³/mol. The Morgan fingerprint density at radius 1 is 1.05 bits per heavy atom. The second-order valence-electron chi connectivity index (χ2n) is 12.8. The van der Waals surface area contributed by atoms with Crippen LogP contribution in [0.2, 0.25) is 0 Å². The highest BCUT2D eigenvalue weighted by molar-refractivity contribution is 5.95. The molecule has 0 unspecified atom stereocenters. The molecule has 1 heterocycles. The van der Waals surface area contributed by atoms with E-state index in [0.717, 1.165) is 68.3 Å². The third-order valence-electron chi connectivity index (χ3n) is 9.50. The van der Waals surface area contributed by atoms with E-state index in [2.05, 4.69) is 17.1 Å². The van der Waals surface area contributed by atoms with Crippen LogP contribution in [-0.4, -0.2) is 35.6 Å². The fraction of sp³-hybridized carbons (Fsp3) is 0.500. The number of carbonyl (C=O) groups is 2. The number of aromatic nitrogens is 1. The van der Waals surface area contributed by atoms with E-state index in [-0.39, 0.29) is 30.1 Å². The van der Waals surface area contributed by atoms with Gasteiger partial charge in [-0.3, -0.25) is 9.59 Å². The van der Waals surface area contributed by atoms with E-state index >= 15 is 0 Å². The van der Waals surface area contributed by atoms with E-state index in [1.165, 1.54) is 5.56 Å². The molecule has 2 aliphatic carbocycles. The number of hydrogen-bond donors (Lipinski definition) is 1. The van der Waals surface area contributed by atoms with Crippen molar-refractivity contribution < 1.29 is 23.8 Å². The highest BCUT2D eigenvalue weighted by Crippen LogP contribution is 2.39. The van der Waals surface area contributed by atoms with Gasteiger partial charge in [0.25, 0.3) is 0 Å². The van der Waals surface area contributed by atoms with E-state index in [1.54, 1.807) is 13.4 Å². The van der Waals surface area contributed by atoms with Gasteiger partial charge in [0.2, 0.25) is 5.91 Å². The van der Waals surface area contributed by atoms with Crippen LogP contribution in [0.4, 0.5) is 5.69 Å². The number of carbonyl (C=O) groups excluding carboxylic acids is 1. The van der Waals surface area contributed by atoms with Crippen molar-refractivity contribution in [2.75, 3.05) is 18.6 Å². The van der Waals surface area contributed by atoms with Crippen LogP contribution in [0, 0.1) is 29.1 Å². The maximum absolute atomic E-state index is 14.2. The van der Waals surface area contributed by atoms with Crippen LogP contribution >= 0.6 is 0 Å². The summed E-state index contributed by atoms with van der Waals surface area (Å²) in [5.74, 6) is 1.61. The van der Waals surface area contributed by atoms with Crippen molar-refractivity contribution in [1.82, 2.24) is 4.98 Å². The van der Waals surface area contributed by atoms with Crippen molar-refractivity contribution in [3.05, 3.63) is 65.7 Å². The molecule has 0 atom stereocenters. The van der Waals surface area contributed by atoms with Gasteiger partial charge in [0.15, 0.2) is 5.89 Å². The molecule has 0 saturated heterocycles. The number of nitrogens with zero attached hydrogens (tertiary/aromatic N) is 3. The molecule has 3 aromatic rings. The van der Waals surface area contributed by atoms with Gasteiger partial charge in [0.1, 0.15) is 23.8 Å². The zero-order valence-electron chi connectivity index (χ0n) is 26.0. The fourth-order valence-corrected chi connectivity index (χ4v) is 6.93. The van der Waals surface area contributed by atoms with Crippen molar-refractivity contribution in [2.24, 2.45) is 17.8 Å². The van der Waals surface area contributed by atoms with Gasteiger partial charge in [-0.05, 0) is 98.9 Å². The average Bonchev–Trinajstić information content (AvgIpc) is 3.55. The Balaban J connectivity index is 1.33. The quantitative estimate of drug-likeness (QED) is 0.252. The molecule has 8 nitrogen and oxygen atoms in total. The van der Waals surface area contributed by atoms with Crippen molar-refractivity contribution >= 4 is 17.6 Å². The molecule has 2 aliphatic rings. The monoisotopic (exact) mass is 597 g/mol. The number of hydrogen-bond acceptors (Lipinski definition) is 6. The predicted octanol–water partition coefficient (Wildman–Crippen LogP) is 7.93. The molecule has 0 aliphatic heterocycles. The summed E-state index contributed by atoms with van der Waals surface area (Å²) in [5, 5.41) is 18.8. The third kappa shape index (κ3) is 7.32. The number of ether oxygens (including phenoxy) is 1. The lowest BCUT2D eigenvalue weighted by molar-refractivity contribution is -0.138. The number of amides is 1. The molecule has 2 aromatic carbocycles. The summed E-state index contributed by atoms with van der Waals surface area (Å²) in [5.41, 5.74) is 4.28. The minimum atomic E-state index is -0.763. The van der Waals surface area contributed by atoms with Crippen LogP contribution < -0.4 is 9.64 Å². The number of benzene rings is 2. The molecular weight excluding hydrogens is 554 g/mol. The van der Waals surface area contributed by atoms with Gasteiger partial charge < -0.3 is 19.2 Å². The van der Waals surface area contributed by atoms with Crippen LogP contribution in [0.15, 0.2) is 53.1 Å². The number of carboxylic acids is 1. The Morgan fingerprint density at radius 3 is 2.41 bits per heavy atom. The van der Waals surface area contributed by atoms with Crippen LogP contribution in [0.3, 0.4) is 0 Å². The summed E-state index contributed by atoms with van der Waals surface area (Å²) in [6.07, 6.45) is 8.83. The summed E-state index contributed by atoms with van der Waals surface area (Å²) in [6.45, 7) is 4.74. The van der Waals surface area contributed by atoms with Crippen molar-refractivity contribution in [3.8, 4) is 23.1 Å². The molecule has 1 aromatic heterocycles.